The Bertz CT molecular complexity index is 1020. The number of sulfone groups is 1. The first-order valence-electron chi connectivity index (χ1n) is 15.8. The van der Waals surface area contributed by atoms with E-state index in [1.54, 1.807) is 7.11 Å². The second kappa shape index (κ2) is 15.4. The number of hydrazine groups is 1. The van der Waals surface area contributed by atoms with E-state index in [1.807, 2.05) is 0 Å². The fraction of sp³-hybridized carbons (Fsp3) is 1.00. The van der Waals surface area contributed by atoms with Gasteiger partial charge in [0.1, 0.15) is 30.0 Å². The molecule has 2 aliphatic carbocycles. The van der Waals surface area contributed by atoms with Gasteiger partial charge in [0, 0.05) is 31.5 Å². The third-order valence-electron chi connectivity index (χ3n) is 9.76. The van der Waals surface area contributed by atoms with E-state index in [0.29, 0.717) is 51.4 Å². The van der Waals surface area contributed by atoms with Gasteiger partial charge in [0.2, 0.25) is 0 Å². The molecule has 43 heavy (non-hydrogen) atoms. The van der Waals surface area contributed by atoms with Gasteiger partial charge in [-0.05, 0) is 57.8 Å². The topological polar surface area (TPSA) is 145 Å². The van der Waals surface area contributed by atoms with E-state index in [1.165, 1.54) is 11.8 Å². The number of thioether (sulfide) groups is 1. The molecule has 248 valence electrons. The van der Waals surface area contributed by atoms with Gasteiger partial charge in [-0.25, -0.2) is 22.6 Å². The molecule has 0 radical (unpaired) electrons. The highest BCUT2D eigenvalue weighted by molar-refractivity contribution is 8.00. The van der Waals surface area contributed by atoms with Crippen molar-refractivity contribution in [1.82, 2.24) is 31.7 Å². The van der Waals surface area contributed by atoms with Crippen molar-refractivity contribution in [2.75, 3.05) is 39.2 Å². The monoisotopic (exact) mass is 653 g/mol. The summed E-state index contributed by atoms with van der Waals surface area (Å²) >= 11 is 1.47. The quantitative estimate of drug-likeness (QED) is 0.205. The predicted molar refractivity (Wildman–Crippen MR) is 162 cm³/mol. The number of nitroso groups, excluding NO2 is 1. The molecule has 12 nitrogen and oxygen atoms in total. The molecule has 12 atom stereocenters. The Morgan fingerprint density at radius 1 is 1.09 bits per heavy atom. The molecule has 16 heteroatoms. The van der Waals surface area contributed by atoms with Gasteiger partial charge in [0.15, 0.2) is 9.84 Å². The van der Waals surface area contributed by atoms with Crippen LogP contribution < -0.4 is 26.8 Å². The Hall–Kier alpha value is -0.560. The van der Waals surface area contributed by atoms with Gasteiger partial charge in [-0.1, -0.05) is 11.6 Å². The van der Waals surface area contributed by atoms with E-state index in [4.69, 9.17) is 9.47 Å². The minimum Gasteiger partial charge on any atom is -0.379 e. The summed E-state index contributed by atoms with van der Waals surface area (Å²) in [4.78, 5) is 13.2. The van der Waals surface area contributed by atoms with Crippen LogP contribution in [0, 0.1) is 10.8 Å². The summed E-state index contributed by atoms with van der Waals surface area (Å²) in [5.74, 6) is -0.668. The molecule has 0 aromatic heterocycles. The largest absolute Gasteiger partial charge is 0.379 e. The third kappa shape index (κ3) is 8.43. The molecular formula is C27H49F2N7O5S2. The molecule has 0 aromatic carbocycles. The van der Waals surface area contributed by atoms with Gasteiger partial charge in [-0.2, -0.15) is 4.91 Å². The maximum Gasteiger partial charge on any atom is 0.153 e. The SMILES string of the molecule is COC1C(NC2CC(C)NN2)NC(SC2CCC(S(=O)(=O)CCC3CCCC(N=O)C3F)CC2F)NC1N1CCOCC1. The summed E-state index contributed by atoms with van der Waals surface area (Å²) in [5.41, 5.74) is 6.23. The van der Waals surface area contributed by atoms with Gasteiger partial charge >= 0.3 is 0 Å². The lowest BCUT2D eigenvalue weighted by Crippen LogP contribution is -2.75. The standard InChI is InChI=1S/C27H49F2N7O5S2/c1-16-14-22(34-33-16)30-25-24(40-2)26(36-9-11-41-12-10-36)32-27(31-25)42-21-7-6-18(15-19(21)28)43(38,39)13-8-17-4-3-5-20(35-37)23(17)29/h16-27,30-34H,3-15H2,1-2H3. The lowest BCUT2D eigenvalue weighted by Gasteiger charge is -2.49. The Kier molecular flexibility index (Phi) is 12.1. The van der Waals surface area contributed by atoms with Crippen LogP contribution >= 0.6 is 11.8 Å². The normalized spacial score (nSPS) is 43.4. The maximum atomic E-state index is 15.7. The number of nitrogens with zero attached hydrogens (tertiary/aromatic N) is 2. The summed E-state index contributed by atoms with van der Waals surface area (Å²) in [6.45, 7) is 4.89. The number of ether oxygens (including phenoxy) is 2. The molecule has 3 aliphatic heterocycles. The van der Waals surface area contributed by atoms with Gasteiger partial charge in [0.25, 0.3) is 0 Å². The predicted octanol–water partition coefficient (Wildman–Crippen LogP) is 1.33. The van der Waals surface area contributed by atoms with Crippen molar-refractivity contribution in [2.45, 2.75) is 123 Å². The van der Waals surface area contributed by atoms with Crippen LogP contribution in [-0.4, -0.2) is 118 Å². The van der Waals surface area contributed by atoms with Crippen LogP contribution in [0.5, 0.6) is 0 Å². The highest BCUT2D eigenvalue weighted by Crippen LogP contribution is 2.38. The smallest absolute Gasteiger partial charge is 0.153 e. The van der Waals surface area contributed by atoms with E-state index in [9.17, 15) is 17.7 Å². The number of halogens is 2. The van der Waals surface area contributed by atoms with Crippen molar-refractivity contribution in [2.24, 2.45) is 11.1 Å². The van der Waals surface area contributed by atoms with Crippen molar-refractivity contribution in [3.05, 3.63) is 4.91 Å². The van der Waals surface area contributed by atoms with Crippen molar-refractivity contribution < 1.29 is 26.7 Å². The van der Waals surface area contributed by atoms with Gasteiger partial charge in [-0.3, -0.25) is 26.3 Å². The van der Waals surface area contributed by atoms with E-state index < -0.39 is 39.4 Å². The first-order chi connectivity index (χ1) is 20.7. The summed E-state index contributed by atoms with van der Waals surface area (Å²) < 4.78 is 68.2. The molecule has 0 spiro atoms. The number of rotatable bonds is 11. The van der Waals surface area contributed by atoms with Crippen LogP contribution in [0.15, 0.2) is 5.18 Å². The molecule has 5 rings (SSSR count). The average molecular weight is 654 g/mol. The Morgan fingerprint density at radius 2 is 1.88 bits per heavy atom. The summed E-state index contributed by atoms with van der Waals surface area (Å²) in [6, 6.07) is -0.567. The van der Waals surface area contributed by atoms with Crippen molar-refractivity contribution in [3.63, 3.8) is 0 Å². The Labute approximate surface area is 258 Å². The molecule has 0 amide bonds. The lowest BCUT2D eigenvalue weighted by molar-refractivity contribution is -0.0829. The number of alkyl halides is 2. The Balaban J connectivity index is 1.18. The zero-order chi connectivity index (χ0) is 30.6. The highest BCUT2D eigenvalue weighted by atomic mass is 32.2. The first kappa shape index (κ1) is 33.8. The zero-order valence-electron chi connectivity index (χ0n) is 25.1. The van der Waals surface area contributed by atoms with Crippen molar-refractivity contribution >= 4 is 21.6 Å². The van der Waals surface area contributed by atoms with Crippen LogP contribution in [0.25, 0.3) is 0 Å². The van der Waals surface area contributed by atoms with Crippen LogP contribution in [-0.2, 0) is 19.3 Å². The minimum atomic E-state index is -3.59. The first-order valence-corrected chi connectivity index (χ1v) is 18.5. The Morgan fingerprint density at radius 3 is 2.56 bits per heavy atom. The molecule has 5 N–H and O–H groups in total. The van der Waals surface area contributed by atoms with Gasteiger partial charge in [-0.15, -0.1) is 11.8 Å². The fourth-order valence-electron chi connectivity index (χ4n) is 7.26. The molecule has 12 unspecified atom stereocenters. The van der Waals surface area contributed by atoms with E-state index in [2.05, 4.69) is 43.8 Å². The van der Waals surface area contributed by atoms with E-state index in [0.717, 1.165) is 19.5 Å². The number of morpholine rings is 1. The summed E-state index contributed by atoms with van der Waals surface area (Å²) in [6.07, 6.45) is 0.212. The highest BCUT2D eigenvalue weighted by Gasteiger charge is 2.45. The van der Waals surface area contributed by atoms with Crippen molar-refractivity contribution in [1.29, 1.82) is 0 Å². The van der Waals surface area contributed by atoms with E-state index >= 15 is 4.39 Å². The van der Waals surface area contributed by atoms with Crippen LogP contribution in [0.2, 0.25) is 0 Å². The third-order valence-corrected chi connectivity index (χ3v) is 13.4. The number of hydrogen-bond acceptors (Lipinski definition) is 13. The number of nitrogens with one attached hydrogen (secondary N) is 5. The van der Waals surface area contributed by atoms with Crippen LogP contribution in [0.3, 0.4) is 0 Å². The molecule has 3 saturated heterocycles. The molecule has 3 heterocycles. The van der Waals surface area contributed by atoms with Gasteiger partial charge in [0.05, 0.1) is 42.7 Å². The molecule has 0 aromatic rings. The van der Waals surface area contributed by atoms with Crippen molar-refractivity contribution in [3.8, 4) is 0 Å². The van der Waals surface area contributed by atoms with E-state index in [-0.39, 0.29) is 53.9 Å². The van der Waals surface area contributed by atoms with Crippen LogP contribution in [0.4, 0.5) is 8.78 Å². The molecular weight excluding hydrogens is 604 g/mol. The second-order valence-corrected chi connectivity index (χ2v) is 16.5. The lowest BCUT2D eigenvalue weighted by atomic mass is 9.83. The number of methoxy groups -OCH3 is 1. The molecule has 5 fully saturated rings. The maximum absolute atomic E-state index is 15.7. The van der Waals surface area contributed by atoms with Gasteiger partial charge < -0.3 is 9.47 Å². The molecule has 0 bridgehead atoms. The fourth-order valence-corrected chi connectivity index (χ4v) is 10.5. The zero-order valence-corrected chi connectivity index (χ0v) is 26.8. The minimum absolute atomic E-state index is 0.0377. The molecule has 5 aliphatic rings. The number of hydrogen-bond donors (Lipinski definition) is 5. The average Bonchev–Trinajstić information content (AvgIpc) is 3.42. The van der Waals surface area contributed by atoms with Crippen LogP contribution in [0.1, 0.15) is 58.3 Å². The molecule has 2 saturated carbocycles. The summed E-state index contributed by atoms with van der Waals surface area (Å²) in [5, 5.41) is 12.6. The second-order valence-electron chi connectivity index (χ2n) is 12.7. The summed E-state index contributed by atoms with van der Waals surface area (Å²) in [7, 11) is -1.89.